The smallest absolute Gasteiger partial charge is 0.191 e. The van der Waals surface area contributed by atoms with E-state index in [4.69, 9.17) is 11.5 Å². The molecule has 0 radical (unpaired) electrons. The number of nitrogens with zero attached hydrogens (tertiary/aromatic N) is 1. The first kappa shape index (κ1) is 11.3. The van der Waals surface area contributed by atoms with E-state index in [1.807, 2.05) is 30.3 Å². The quantitative estimate of drug-likeness (QED) is 0.837. The summed E-state index contributed by atoms with van der Waals surface area (Å²) < 4.78 is 26.8. The summed E-state index contributed by atoms with van der Waals surface area (Å²) in [6.07, 6.45) is 0.224. The van der Waals surface area contributed by atoms with Crippen molar-refractivity contribution in [3.8, 4) is 0 Å². The third-order valence-electron chi connectivity index (χ3n) is 2.42. The zero-order chi connectivity index (χ0) is 12.4. The molecule has 1 aromatic heterocycles. The minimum absolute atomic E-state index is 0.0487. The fraction of sp³-hybridized carbons (Fsp3) is 0.0833. The number of anilines is 2. The van der Waals surface area contributed by atoms with E-state index in [1.54, 1.807) is 0 Å². The molecule has 17 heavy (non-hydrogen) atoms. The number of aromatic nitrogens is 1. The number of nitrogens with two attached hydrogens (primary N) is 2. The largest absolute Gasteiger partial charge is 0.394 e. The number of rotatable bonds is 2. The van der Waals surface area contributed by atoms with Gasteiger partial charge in [-0.15, -0.1) is 0 Å². The lowest BCUT2D eigenvalue weighted by molar-refractivity contribution is 0.573. The highest BCUT2D eigenvalue weighted by molar-refractivity contribution is 5.52. The normalized spacial score (nSPS) is 10.5. The highest BCUT2D eigenvalue weighted by Gasteiger charge is 2.16. The van der Waals surface area contributed by atoms with E-state index in [0.29, 0.717) is 0 Å². The van der Waals surface area contributed by atoms with Crippen LogP contribution in [0.15, 0.2) is 30.3 Å². The van der Waals surface area contributed by atoms with Crippen molar-refractivity contribution in [3.63, 3.8) is 0 Å². The van der Waals surface area contributed by atoms with Gasteiger partial charge in [-0.05, 0) is 5.56 Å². The van der Waals surface area contributed by atoms with Gasteiger partial charge in [0.05, 0.1) is 5.69 Å². The average Bonchev–Trinajstić information content (AvgIpc) is 2.35. The molecule has 0 atom stereocenters. The number of benzene rings is 1. The van der Waals surface area contributed by atoms with Crippen molar-refractivity contribution < 1.29 is 8.78 Å². The van der Waals surface area contributed by atoms with Crippen LogP contribution in [0, 0.1) is 11.6 Å². The third kappa shape index (κ3) is 2.18. The van der Waals surface area contributed by atoms with Crippen LogP contribution in [0.25, 0.3) is 0 Å². The van der Waals surface area contributed by atoms with Crippen LogP contribution in [0.3, 0.4) is 0 Å². The van der Waals surface area contributed by atoms with Gasteiger partial charge in [-0.2, -0.15) is 0 Å². The number of nitrogen functional groups attached to an aromatic ring is 2. The monoisotopic (exact) mass is 235 g/mol. The van der Waals surface area contributed by atoms with Gasteiger partial charge in [0.2, 0.25) is 0 Å². The molecule has 0 amide bonds. The lowest BCUT2D eigenvalue weighted by Crippen LogP contribution is -2.08. The summed E-state index contributed by atoms with van der Waals surface area (Å²) in [5, 5.41) is 0. The van der Waals surface area contributed by atoms with Gasteiger partial charge in [0.25, 0.3) is 0 Å². The van der Waals surface area contributed by atoms with E-state index in [2.05, 4.69) is 4.98 Å². The lowest BCUT2D eigenvalue weighted by Gasteiger charge is -2.07. The Labute approximate surface area is 97.1 Å². The van der Waals surface area contributed by atoms with Crippen LogP contribution >= 0.6 is 0 Å². The standard InChI is InChI=1S/C12H11F2N3/c13-9-8(6-7-4-2-1-3-5-7)17-12(16)10(14)11(9)15/h1-5H,6H2,(H4,15,16,17). The first-order valence-corrected chi connectivity index (χ1v) is 5.02. The van der Waals surface area contributed by atoms with Crippen molar-refractivity contribution in [2.24, 2.45) is 0 Å². The van der Waals surface area contributed by atoms with Crippen molar-refractivity contribution >= 4 is 11.5 Å². The van der Waals surface area contributed by atoms with E-state index in [1.165, 1.54) is 0 Å². The molecule has 4 N–H and O–H groups in total. The summed E-state index contributed by atoms with van der Waals surface area (Å²) in [6.45, 7) is 0. The Kier molecular flexibility index (Phi) is 2.91. The molecule has 1 heterocycles. The fourth-order valence-electron chi connectivity index (χ4n) is 1.54. The zero-order valence-electron chi connectivity index (χ0n) is 8.95. The summed E-state index contributed by atoms with van der Waals surface area (Å²) in [4.78, 5) is 3.68. The molecular weight excluding hydrogens is 224 g/mol. The maximum absolute atomic E-state index is 13.6. The molecule has 0 saturated heterocycles. The molecule has 5 heteroatoms. The maximum atomic E-state index is 13.6. The van der Waals surface area contributed by atoms with Crippen LogP contribution in [-0.4, -0.2) is 4.98 Å². The van der Waals surface area contributed by atoms with Crippen LogP contribution in [-0.2, 0) is 6.42 Å². The predicted molar refractivity (Wildman–Crippen MR) is 62.2 cm³/mol. The van der Waals surface area contributed by atoms with Crippen molar-refractivity contribution in [2.45, 2.75) is 6.42 Å². The van der Waals surface area contributed by atoms with Crippen molar-refractivity contribution in [2.75, 3.05) is 11.5 Å². The van der Waals surface area contributed by atoms with Crippen LogP contribution in [0.5, 0.6) is 0 Å². The molecule has 0 aliphatic carbocycles. The Morgan fingerprint density at radius 2 is 1.65 bits per heavy atom. The number of hydrogen-bond acceptors (Lipinski definition) is 3. The molecule has 0 aliphatic heterocycles. The molecule has 88 valence electrons. The molecule has 0 fully saturated rings. The molecule has 0 saturated carbocycles. The predicted octanol–water partition coefficient (Wildman–Crippen LogP) is 2.12. The summed E-state index contributed by atoms with van der Waals surface area (Å²) in [7, 11) is 0. The summed E-state index contributed by atoms with van der Waals surface area (Å²) in [6, 6.07) is 9.13. The van der Waals surface area contributed by atoms with Crippen LogP contribution in [0.1, 0.15) is 11.3 Å². The van der Waals surface area contributed by atoms with Crippen molar-refractivity contribution in [1.29, 1.82) is 0 Å². The molecular formula is C12H11F2N3. The maximum Gasteiger partial charge on any atom is 0.191 e. The van der Waals surface area contributed by atoms with Crippen LogP contribution < -0.4 is 11.5 Å². The summed E-state index contributed by atoms with van der Waals surface area (Å²) in [5.41, 5.74) is 10.9. The lowest BCUT2D eigenvalue weighted by atomic mass is 10.1. The summed E-state index contributed by atoms with van der Waals surface area (Å²) >= 11 is 0. The van der Waals surface area contributed by atoms with Gasteiger partial charge >= 0.3 is 0 Å². The van der Waals surface area contributed by atoms with Gasteiger partial charge in [0, 0.05) is 6.42 Å². The van der Waals surface area contributed by atoms with Crippen LogP contribution in [0.4, 0.5) is 20.3 Å². The van der Waals surface area contributed by atoms with E-state index >= 15 is 0 Å². The van der Waals surface area contributed by atoms with Crippen molar-refractivity contribution in [3.05, 3.63) is 53.2 Å². The molecule has 1 aromatic carbocycles. The van der Waals surface area contributed by atoms with E-state index in [9.17, 15) is 8.78 Å². The minimum Gasteiger partial charge on any atom is -0.394 e. The van der Waals surface area contributed by atoms with E-state index in [-0.39, 0.29) is 17.9 Å². The first-order chi connectivity index (χ1) is 8.09. The summed E-state index contributed by atoms with van der Waals surface area (Å²) in [5.74, 6) is -2.23. The number of pyridine rings is 1. The number of hydrogen-bond donors (Lipinski definition) is 2. The molecule has 0 aliphatic rings. The zero-order valence-corrected chi connectivity index (χ0v) is 8.95. The molecule has 0 unspecified atom stereocenters. The van der Waals surface area contributed by atoms with E-state index < -0.39 is 17.3 Å². The van der Waals surface area contributed by atoms with Gasteiger partial charge < -0.3 is 11.5 Å². The second-order valence-electron chi connectivity index (χ2n) is 3.65. The SMILES string of the molecule is Nc1nc(Cc2ccccc2)c(F)c(N)c1F. The molecule has 0 bridgehead atoms. The Bertz CT molecular complexity index is 541. The third-order valence-corrected chi connectivity index (χ3v) is 2.42. The van der Waals surface area contributed by atoms with Gasteiger partial charge in [-0.25, -0.2) is 13.8 Å². The number of halogens is 2. The minimum atomic E-state index is -1.00. The highest BCUT2D eigenvalue weighted by atomic mass is 19.1. The Morgan fingerprint density at radius 3 is 2.29 bits per heavy atom. The van der Waals surface area contributed by atoms with E-state index in [0.717, 1.165) is 5.56 Å². The second kappa shape index (κ2) is 4.37. The molecule has 2 aromatic rings. The molecule has 2 rings (SSSR count). The Hall–Kier alpha value is -2.17. The fourth-order valence-corrected chi connectivity index (χ4v) is 1.54. The first-order valence-electron chi connectivity index (χ1n) is 5.02. The molecule has 0 spiro atoms. The van der Waals surface area contributed by atoms with Crippen LogP contribution in [0.2, 0.25) is 0 Å². The highest BCUT2D eigenvalue weighted by Crippen LogP contribution is 2.23. The van der Waals surface area contributed by atoms with Gasteiger partial charge in [0.15, 0.2) is 17.5 Å². The van der Waals surface area contributed by atoms with Gasteiger partial charge in [-0.1, -0.05) is 30.3 Å². The Morgan fingerprint density at radius 1 is 1.00 bits per heavy atom. The Balaban J connectivity index is 2.41. The van der Waals surface area contributed by atoms with Crippen molar-refractivity contribution in [1.82, 2.24) is 4.98 Å². The molecule has 3 nitrogen and oxygen atoms in total. The van der Waals surface area contributed by atoms with Gasteiger partial charge in [0.1, 0.15) is 5.69 Å². The second-order valence-corrected chi connectivity index (χ2v) is 3.65. The van der Waals surface area contributed by atoms with Gasteiger partial charge in [-0.3, -0.25) is 0 Å². The average molecular weight is 235 g/mol. The topological polar surface area (TPSA) is 64.9 Å².